The Balaban J connectivity index is 1.52. The Morgan fingerprint density at radius 2 is 1.62 bits per heavy atom. The number of rotatable bonds is 8. The molecule has 0 unspecified atom stereocenters. The molecular formula is C27H24N2O2S3. The van der Waals surface area contributed by atoms with Crippen molar-refractivity contribution in [1.29, 1.82) is 0 Å². The first-order valence-corrected chi connectivity index (χ1v) is 12.9. The summed E-state index contributed by atoms with van der Waals surface area (Å²) in [4.78, 5) is 15.9. The molecule has 0 amide bonds. The van der Waals surface area contributed by atoms with Gasteiger partial charge in [-0.2, -0.15) is 0 Å². The van der Waals surface area contributed by atoms with Crippen molar-refractivity contribution >= 4 is 57.1 Å². The number of carbonyl (C=O) groups excluding carboxylic acids is 1. The normalized spacial score (nSPS) is 10.5. The first-order valence-electron chi connectivity index (χ1n) is 10.9. The fourth-order valence-electron chi connectivity index (χ4n) is 3.31. The molecule has 0 atom stereocenters. The lowest BCUT2D eigenvalue weighted by Crippen LogP contribution is -2.20. The standard InChI is InChI=1S/C27H24N2O2S3/c1-2-31-26(30)22-18-21(17-19-11-5-3-6-12-19)34-25(22)29-27(32)28-23-15-9-10-16-24(23)33-20-13-7-4-8-14-20/h3-16,18H,2,17H2,1H3,(H2,28,29,32). The van der Waals surface area contributed by atoms with Crippen LogP contribution in [0, 0.1) is 0 Å². The van der Waals surface area contributed by atoms with Gasteiger partial charge in [0.1, 0.15) is 5.00 Å². The third-order valence-electron chi connectivity index (χ3n) is 4.83. The lowest BCUT2D eigenvalue weighted by atomic mass is 10.1. The molecule has 1 heterocycles. The quantitative estimate of drug-likeness (QED) is 0.192. The summed E-state index contributed by atoms with van der Waals surface area (Å²) in [6.07, 6.45) is 0.732. The molecule has 3 aromatic carbocycles. The zero-order chi connectivity index (χ0) is 23.8. The number of esters is 1. The van der Waals surface area contributed by atoms with E-state index in [1.807, 2.05) is 60.7 Å². The predicted molar refractivity (Wildman–Crippen MR) is 146 cm³/mol. The second-order valence-corrected chi connectivity index (χ2v) is 9.99. The molecule has 4 nitrogen and oxygen atoms in total. The van der Waals surface area contributed by atoms with Crippen LogP contribution in [0.2, 0.25) is 0 Å². The van der Waals surface area contributed by atoms with Gasteiger partial charge in [0.05, 0.1) is 17.9 Å². The Bertz CT molecular complexity index is 1260. The maximum atomic E-state index is 12.6. The van der Waals surface area contributed by atoms with Gasteiger partial charge in [-0.15, -0.1) is 11.3 Å². The summed E-state index contributed by atoms with van der Waals surface area (Å²) in [5, 5.41) is 7.61. The predicted octanol–water partition coefficient (Wildman–Crippen LogP) is 7.48. The second kappa shape index (κ2) is 11.8. The van der Waals surface area contributed by atoms with E-state index in [2.05, 4.69) is 41.0 Å². The number of ether oxygens (including phenoxy) is 1. The Morgan fingerprint density at radius 1 is 0.941 bits per heavy atom. The van der Waals surface area contributed by atoms with Gasteiger partial charge in [0.25, 0.3) is 0 Å². The van der Waals surface area contributed by atoms with Crippen molar-refractivity contribution in [1.82, 2.24) is 0 Å². The first-order chi connectivity index (χ1) is 16.6. The molecule has 4 aromatic rings. The molecule has 0 aliphatic rings. The van der Waals surface area contributed by atoms with Crippen molar-refractivity contribution in [3.63, 3.8) is 0 Å². The van der Waals surface area contributed by atoms with Gasteiger partial charge in [-0.1, -0.05) is 72.4 Å². The van der Waals surface area contributed by atoms with Crippen LogP contribution in [0.4, 0.5) is 10.7 Å². The van der Waals surface area contributed by atoms with E-state index in [4.69, 9.17) is 17.0 Å². The van der Waals surface area contributed by atoms with Gasteiger partial charge < -0.3 is 15.4 Å². The summed E-state index contributed by atoms with van der Waals surface area (Å²) >= 11 is 8.79. The molecule has 172 valence electrons. The van der Waals surface area contributed by atoms with Crippen LogP contribution in [0.5, 0.6) is 0 Å². The molecule has 0 saturated heterocycles. The van der Waals surface area contributed by atoms with E-state index in [0.29, 0.717) is 22.3 Å². The van der Waals surface area contributed by atoms with Crippen LogP contribution in [-0.2, 0) is 11.2 Å². The van der Waals surface area contributed by atoms with Gasteiger partial charge in [-0.25, -0.2) is 4.79 Å². The Kier molecular flexibility index (Phi) is 8.36. The molecular weight excluding hydrogens is 481 g/mol. The smallest absolute Gasteiger partial charge is 0.341 e. The van der Waals surface area contributed by atoms with E-state index in [1.165, 1.54) is 16.9 Å². The number of anilines is 2. The molecule has 0 saturated carbocycles. The zero-order valence-corrected chi connectivity index (χ0v) is 21.1. The lowest BCUT2D eigenvalue weighted by molar-refractivity contribution is 0.0528. The molecule has 2 N–H and O–H groups in total. The molecule has 0 fully saturated rings. The fourth-order valence-corrected chi connectivity index (χ4v) is 5.59. The summed E-state index contributed by atoms with van der Waals surface area (Å²) in [6, 6.07) is 30.2. The van der Waals surface area contributed by atoms with Crippen molar-refractivity contribution in [3.05, 3.63) is 107 Å². The minimum absolute atomic E-state index is 0.314. The molecule has 0 aliphatic heterocycles. The average Bonchev–Trinajstić information content (AvgIpc) is 3.23. The fraction of sp³-hybridized carbons (Fsp3) is 0.111. The number of hydrogen-bond donors (Lipinski definition) is 2. The van der Waals surface area contributed by atoms with Crippen LogP contribution in [-0.4, -0.2) is 17.7 Å². The molecule has 4 rings (SSSR count). The topological polar surface area (TPSA) is 50.4 Å². The Morgan fingerprint density at radius 3 is 2.35 bits per heavy atom. The number of para-hydroxylation sites is 1. The van der Waals surface area contributed by atoms with Crippen LogP contribution in [0.25, 0.3) is 0 Å². The first kappa shape index (κ1) is 24.0. The Labute approximate surface area is 213 Å². The van der Waals surface area contributed by atoms with Gasteiger partial charge in [-0.3, -0.25) is 0 Å². The maximum Gasteiger partial charge on any atom is 0.341 e. The van der Waals surface area contributed by atoms with Gasteiger partial charge in [0.2, 0.25) is 0 Å². The summed E-state index contributed by atoms with van der Waals surface area (Å²) in [5.41, 5.74) is 2.57. The van der Waals surface area contributed by atoms with Crippen molar-refractivity contribution in [2.45, 2.75) is 23.1 Å². The molecule has 0 spiro atoms. The summed E-state index contributed by atoms with van der Waals surface area (Å²) in [5.74, 6) is -0.358. The van der Waals surface area contributed by atoms with Crippen molar-refractivity contribution < 1.29 is 9.53 Å². The second-order valence-electron chi connectivity index (χ2n) is 7.33. The van der Waals surface area contributed by atoms with Gasteiger partial charge in [0, 0.05) is 21.1 Å². The number of thiocarbonyl (C=S) groups is 1. The van der Waals surface area contributed by atoms with E-state index >= 15 is 0 Å². The van der Waals surface area contributed by atoms with Crippen LogP contribution < -0.4 is 10.6 Å². The van der Waals surface area contributed by atoms with E-state index < -0.39 is 0 Å². The molecule has 34 heavy (non-hydrogen) atoms. The third-order valence-corrected chi connectivity index (χ3v) is 7.17. The van der Waals surface area contributed by atoms with Crippen LogP contribution >= 0.6 is 35.3 Å². The molecule has 0 bridgehead atoms. The number of thiophene rings is 1. The summed E-state index contributed by atoms with van der Waals surface area (Å²) in [7, 11) is 0. The maximum absolute atomic E-state index is 12.6. The Hall–Kier alpha value is -3.13. The average molecular weight is 505 g/mol. The zero-order valence-electron chi connectivity index (χ0n) is 18.6. The monoisotopic (exact) mass is 504 g/mol. The minimum Gasteiger partial charge on any atom is -0.462 e. The number of hydrogen-bond acceptors (Lipinski definition) is 5. The van der Waals surface area contributed by atoms with Gasteiger partial charge in [-0.05, 0) is 55.0 Å². The number of nitrogens with one attached hydrogen (secondary N) is 2. The largest absolute Gasteiger partial charge is 0.462 e. The van der Waals surface area contributed by atoms with Crippen LogP contribution in [0.1, 0.15) is 27.7 Å². The molecule has 0 radical (unpaired) electrons. The van der Waals surface area contributed by atoms with Gasteiger partial charge >= 0.3 is 5.97 Å². The minimum atomic E-state index is -0.358. The van der Waals surface area contributed by atoms with E-state index in [9.17, 15) is 4.79 Å². The van der Waals surface area contributed by atoms with E-state index in [1.54, 1.807) is 18.7 Å². The number of carbonyl (C=O) groups is 1. The molecule has 0 aliphatic carbocycles. The van der Waals surface area contributed by atoms with E-state index in [-0.39, 0.29) is 5.97 Å². The third kappa shape index (κ3) is 6.47. The van der Waals surface area contributed by atoms with E-state index in [0.717, 1.165) is 26.8 Å². The molecule has 1 aromatic heterocycles. The number of benzene rings is 3. The SMILES string of the molecule is CCOC(=O)c1cc(Cc2ccccc2)sc1NC(=S)Nc1ccccc1Sc1ccccc1. The summed E-state index contributed by atoms with van der Waals surface area (Å²) in [6.45, 7) is 2.12. The van der Waals surface area contributed by atoms with Crippen LogP contribution in [0.15, 0.2) is 101 Å². The highest BCUT2D eigenvalue weighted by Crippen LogP contribution is 2.34. The highest BCUT2D eigenvalue weighted by Gasteiger charge is 2.19. The highest BCUT2D eigenvalue weighted by atomic mass is 32.2. The van der Waals surface area contributed by atoms with Crippen molar-refractivity contribution in [2.75, 3.05) is 17.2 Å². The van der Waals surface area contributed by atoms with Crippen LogP contribution in [0.3, 0.4) is 0 Å². The molecule has 7 heteroatoms. The van der Waals surface area contributed by atoms with Crippen molar-refractivity contribution in [3.8, 4) is 0 Å². The highest BCUT2D eigenvalue weighted by molar-refractivity contribution is 7.99. The van der Waals surface area contributed by atoms with Crippen molar-refractivity contribution in [2.24, 2.45) is 0 Å². The van der Waals surface area contributed by atoms with Gasteiger partial charge in [0.15, 0.2) is 5.11 Å². The summed E-state index contributed by atoms with van der Waals surface area (Å²) < 4.78 is 5.28. The lowest BCUT2D eigenvalue weighted by Gasteiger charge is -2.14.